The number of carbonyl (C=O) groups is 1. The number of amides is 1. The third kappa shape index (κ3) is 5.10. The molecular weight excluding hydrogens is 342 g/mol. The second-order valence-electron chi connectivity index (χ2n) is 6.13. The van der Waals surface area contributed by atoms with Gasteiger partial charge in [-0.05, 0) is 34.9 Å². The Morgan fingerprint density at radius 2 is 1.69 bits per heavy atom. The van der Waals surface area contributed by atoms with Gasteiger partial charge in [0.15, 0.2) is 0 Å². The molecule has 0 aromatic heterocycles. The van der Waals surface area contributed by atoms with Gasteiger partial charge in [0.2, 0.25) is 5.91 Å². The molecule has 3 aromatic carbocycles. The zero-order valence-electron chi connectivity index (χ0n) is 14.6. The number of thioether (sulfide) groups is 1. The van der Waals surface area contributed by atoms with Crippen molar-refractivity contribution in [3.63, 3.8) is 0 Å². The van der Waals surface area contributed by atoms with Crippen LogP contribution >= 0.6 is 11.8 Å². The Morgan fingerprint density at radius 3 is 2.54 bits per heavy atom. The smallest absolute Gasteiger partial charge is 0.220 e. The molecule has 0 saturated carbocycles. The zero-order chi connectivity index (χ0) is 18.2. The van der Waals surface area contributed by atoms with Crippen molar-refractivity contribution in [2.45, 2.75) is 23.8 Å². The average molecular weight is 365 g/mol. The van der Waals surface area contributed by atoms with E-state index in [2.05, 4.69) is 5.32 Å². The fourth-order valence-electron chi connectivity index (χ4n) is 2.91. The molecule has 0 bridgehead atoms. The van der Waals surface area contributed by atoms with Crippen LogP contribution < -0.4 is 5.32 Å². The Balaban J connectivity index is 1.43. The summed E-state index contributed by atoms with van der Waals surface area (Å²) in [6.07, 6.45) is 0.398. The molecule has 0 fully saturated rings. The van der Waals surface area contributed by atoms with Crippen molar-refractivity contribution < 1.29 is 9.90 Å². The van der Waals surface area contributed by atoms with Crippen molar-refractivity contribution in [3.05, 3.63) is 78.4 Å². The molecule has 0 aliphatic carbocycles. The molecule has 1 unspecified atom stereocenters. The van der Waals surface area contributed by atoms with E-state index in [1.54, 1.807) is 11.8 Å². The molecule has 0 radical (unpaired) electrons. The van der Waals surface area contributed by atoms with Crippen LogP contribution in [0.1, 0.15) is 24.5 Å². The summed E-state index contributed by atoms with van der Waals surface area (Å²) in [6.45, 7) is 0.471. The Labute approximate surface area is 158 Å². The number of aliphatic hydroxyl groups is 1. The van der Waals surface area contributed by atoms with E-state index in [0.717, 1.165) is 22.1 Å². The summed E-state index contributed by atoms with van der Waals surface area (Å²) in [5.74, 6) is 0.778. The minimum atomic E-state index is -0.583. The fourth-order valence-corrected chi connectivity index (χ4v) is 3.78. The molecule has 0 aliphatic heterocycles. The number of fused-ring (bicyclic) bond motifs is 1. The summed E-state index contributed by atoms with van der Waals surface area (Å²) in [5, 5.41) is 15.6. The van der Waals surface area contributed by atoms with Gasteiger partial charge in [-0.3, -0.25) is 4.79 Å². The highest BCUT2D eigenvalue weighted by Crippen LogP contribution is 2.25. The summed E-state index contributed by atoms with van der Waals surface area (Å²) in [6, 6.07) is 24.0. The molecule has 2 N–H and O–H groups in total. The highest BCUT2D eigenvalue weighted by molar-refractivity contribution is 7.99. The maximum atomic E-state index is 12.0. The number of aliphatic hydroxyl groups excluding tert-OH is 1. The van der Waals surface area contributed by atoms with Gasteiger partial charge < -0.3 is 10.4 Å². The molecular formula is C22H23NO2S. The first-order valence-corrected chi connectivity index (χ1v) is 9.83. The molecule has 26 heavy (non-hydrogen) atoms. The van der Waals surface area contributed by atoms with Gasteiger partial charge in [0.25, 0.3) is 0 Å². The van der Waals surface area contributed by atoms with E-state index in [1.807, 2.05) is 72.8 Å². The second kappa shape index (κ2) is 9.41. The van der Waals surface area contributed by atoms with Crippen molar-refractivity contribution in [1.82, 2.24) is 5.32 Å². The maximum Gasteiger partial charge on any atom is 0.220 e. The first-order valence-electron chi connectivity index (χ1n) is 8.84. The van der Waals surface area contributed by atoms with Gasteiger partial charge in [0.05, 0.1) is 6.10 Å². The van der Waals surface area contributed by atoms with E-state index < -0.39 is 6.10 Å². The summed E-state index contributed by atoms with van der Waals surface area (Å²) in [4.78, 5) is 13.1. The molecule has 4 heteroatoms. The average Bonchev–Trinajstić information content (AvgIpc) is 2.68. The van der Waals surface area contributed by atoms with E-state index in [1.165, 1.54) is 4.90 Å². The molecule has 3 nitrogen and oxygen atoms in total. The number of hydrogen-bond donors (Lipinski definition) is 2. The molecule has 1 amide bonds. The highest BCUT2D eigenvalue weighted by atomic mass is 32.2. The summed E-state index contributed by atoms with van der Waals surface area (Å²) < 4.78 is 0. The van der Waals surface area contributed by atoms with E-state index >= 15 is 0 Å². The minimum Gasteiger partial charge on any atom is -0.388 e. The summed E-state index contributed by atoms with van der Waals surface area (Å²) in [5.41, 5.74) is 0.914. The van der Waals surface area contributed by atoms with Gasteiger partial charge in [-0.2, -0.15) is 0 Å². The lowest BCUT2D eigenvalue weighted by molar-refractivity contribution is -0.120. The lowest BCUT2D eigenvalue weighted by Gasteiger charge is -2.14. The normalized spacial score (nSPS) is 12.0. The SMILES string of the molecule is O=C(CCSc1ccccc1)NCCC(O)c1cccc2ccccc12. The predicted molar refractivity (Wildman–Crippen MR) is 108 cm³/mol. The number of rotatable bonds is 8. The van der Waals surface area contributed by atoms with Crippen LogP contribution in [0, 0.1) is 0 Å². The molecule has 0 spiro atoms. The standard InChI is InChI=1S/C22H23NO2S/c24-21(20-12-6-8-17-7-4-5-11-19(17)20)13-15-23-22(25)14-16-26-18-9-2-1-3-10-18/h1-12,21,24H,13-16H2,(H,23,25). The molecule has 3 rings (SSSR count). The van der Waals surface area contributed by atoms with Crippen LogP contribution in [0.4, 0.5) is 0 Å². The largest absolute Gasteiger partial charge is 0.388 e. The lowest BCUT2D eigenvalue weighted by Crippen LogP contribution is -2.25. The van der Waals surface area contributed by atoms with Crippen LogP contribution in [0.15, 0.2) is 77.7 Å². The van der Waals surface area contributed by atoms with E-state index in [0.29, 0.717) is 19.4 Å². The molecule has 134 valence electrons. The number of benzene rings is 3. The molecule has 3 aromatic rings. The number of hydrogen-bond acceptors (Lipinski definition) is 3. The zero-order valence-corrected chi connectivity index (χ0v) is 15.4. The van der Waals surface area contributed by atoms with Gasteiger partial charge in [-0.1, -0.05) is 60.7 Å². The van der Waals surface area contributed by atoms with E-state index in [4.69, 9.17) is 0 Å². The van der Waals surface area contributed by atoms with Crippen molar-refractivity contribution in [1.29, 1.82) is 0 Å². The van der Waals surface area contributed by atoms with Gasteiger partial charge in [-0.25, -0.2) is 0 Å². The maximum absolute atomic E-state index is 12.0. The topological polar surface area (TPSA) is 49.3 Å². The van der Waals surface area contributed by atoms with Gasteiger partial charge >= 0.3 is 0 Å². The van der Waals surface area contributed by atoms with Gasteiger partial charge in [-0.15, -0.1) is 11.8 Å². The molecule has 0 saturated heterocycles. The Bertz CT molecular complexity index is 846. The number of nitrogens with one attached hydrogen (secondary N) is 1. The fraction of sp³-hybridized carbons (Fsp3) is 0.227. The summed E-state index contributed by atoms with van der Waals surface area (Å²) in [7, 11) is 0. The Morgan fingerprint density at radius 1 is 0.962 bits per heavy atom. The lowest BCUT2D eigenvalue weighted by atomic mass is 9.99. The van der Waals surface area contributed by atoms with Crippen LogP contribution in [0.25, 0.3) is 10.8 Å². The molecule has 1 atom stereocenters. The van der Waals surface area contributed by atoms with Crippen LogP contribution in [0.2, 0.25) is 0 Å². The second-order valence-corrected chi connectivity index (χ2v) is 7.30. The number of carbonyl (C=O) groups excluding carboxylic acids is 1. The van der Waals surface area contributed by atoms with Crippen LogP contribution in [-0.2, 0) is 4.79 Å². The predicted octanol–water partition coefficient (Wildman–Crippen LogP) is 4.56. The third-order valence-electron chi connectivity index (χ3n) is 4.26. The third-order valence-corrected chi connectivity index (χ3v) is 5.28. The van der Waals surface area contributed by atoms with E-state index in [9.17, 15) is 9.90 Å². The van der Waals surface area contributed by atoms with Crippen molar-refractivity contribution in [2.24, 2.45) is 0 Å². The Hall–Kier alpha value is -2.30. The monoisotopic (exact) mass is 365 g/mol. The van der Waals surface area contributed by atoms with Crippen molar-refractivity contribution >= 4 is 28.4 Å². The summed E-state index contributed by atoms with van der Waals surface area (Å²) >= 11 is 1.68. The van der Waals surface area contributed by atoms with Crippen molar-refractivity contribution in [2.75, 3.05) is 12.3 Å². The van der Waals surface area contributed by atoms with Crippen LogP contribution in [0.3, 0.4) is 0 Å². The highest BCUT2D eigenvalue weighted by Gasteiger charge is 2.11. The molecule has 0 aliphatic rings. The van der Waals surface area contributed by atoms with Gasteiger partial charge in [0.1, 0.15) is 0 Å². The minimum absolute atomic E-state index is 0.0264. The van der Waals surface area contributed by atoms with Crippen LogP contribution in [0.5, 0.6) is 0 Å². The van der Waals surface area contributed by atoms with Gasteiger partial charge in [0, 0.05) is 23.6 Å². The molecule has 0 heterocycles. The van der Waals surface area contributed by atoms with Crippen molar-refractivity contribution in [3.8, 4) is 0 Å². The first-order chi connectivity index (χ1) is 12.7. The first kappa shape index (κ1) is 18.5. The Kier molecular flexibility index (Phi) is 6.69. The van der Waals surface area contributed by atoms with Crippen LogP contribution in [-0.4, -0.2) is 23.3 Å². The van der Waals surface area contributed by atoms with E-state index in [-0.39, 0.29) is 5.91 Å². The quantitative estimate of drug-likeness (QED) is 0.575.